The van der Waals surface area contributed by atoms with E-state index in [0.717, 1.165) is 12.1 Å². The number of benzene rings is 3. The predicted molar refractivity (Wildman–Crippen MR) is 115 cm³/mol. The van der Waals surface area contributed by atoms with Crippen molar-refractivity contribution in [1.82, 2.24) is 5.48 Å². The fourth-order valence-electron chi connectivity index (χ4n) is 2.46. The molecule has 11 heteroatoms. The molecule has 0 radical (unpaired) electrons. The highest BCUT2D eigenvalue weighted by Gasteiger charge is 2.31. The predicted octanol–water partition coefficient (Wildman–Crippen LogP) is 6.72. The van der Waals surface area contributed by atoms with E-state index in [-0.39, 0.29) is 27.1 Å². The summed E-state index contributed by atoms with van der Waals surface area (Å²) in [6.07, 6.45) is -5.66. The van der Waals surface area contributed by atoms with Crippen molar-refractivity contribution in [2.24, 2.45) is 4.99 Å². The summed E-state index contributed by atoms with van der Waals surface area (Å²) in [7, 11) is 0. The molecule has 0 aliphatic rings. The number of hydrogen-bond acceptors (Lipinski definition) is 4. The minimum absolute atomic E-state index is 0.0479. The molecule has 166 valence electrons. The average molecular weight is 484 g/mol. The quantitative estimate of drug-likeness (QED) is 0.245. The maximum absolute atomic E-state index is 12.4. The van der Waals surface area contributed by atoms with Crippen LogP contribution < -0.4 is 15.5 Å². The fraction of sp³-hybridized carbons (Fsp3) is 0.0476. The smallest absolute Gasteiger partial charge is 0.406 e. The first-order chi connectivity index (χ1) is 15.2. The van der Waals surface area contributed by atoms with E-state index >= 15 is 0 Å². The molecule has 0 heterocycles. The van der Waals surface area contributed by atoms with E-state index in [1.807, 2.05) is 0 Å². The second kappa shape index (κ2) is 10.3. The van der Waals surface area contributed by atoms with E-state index < -0.39 is 18.2 Å². The van der Waals surface area contributed by atoms with Crippen molar-refractivity contribution >= 4 is 46.5 Å². The zero-order chi connectivity index (χ0) is 23.1. The Hall–Kier alpha value is -3.43. The molecule has 0 aliphatic heterocycles. The van der Waals surface area contributed by atoms with Crippen molar-refractivity contribution in [2.75, 3.05) is 5.32 Å². The topological polar surface area (TPSA) is 72.0 Å². The Morgan fingerprint density at radius 1 is 0.875 bits per heavy atom. The number of hydroxylamine groups is 1. The lowest BCUT2D eigenvalue weighted by molar-refractivity contribution is -0.274. The lowest BCUT2D eigenvalue weighted by Crippen LogP contribution is -2.30. The number of carbonyl (C=O) groups is 1. The summed E-state index contributed by atoms with van der Waals surface area (Å²) in [4.78, 5) is 21.4. The molecule has 3 aromatic rings. The first kappa shape index (κ1) is 23.2. The molecule has 0 atom stereocenters. The van der Waals surface area contributed by atoms with Gasteiger partial charge in [-0.25, -0.2) is 9.79 Å². The van der Waals surface area contributed by atoms with E-state index in [1.165, 1.54) is 12.1 Å². The number of ether oxygens (including phenoxy) is 1. The zero-order valence-corrected chi connectivity index (χ0v) is 17.5. The molecule has 6 nitrogen and oxygen atoms in total. The Balaban J connectivity index is 1.83. The highest BCUT2D eigenvalue weighted by atomic mass is 35.5. The van der Waals surface area contributed by atoms with Crippen LogP contribution in [0, 0.1) is 0 Å². The second-order valence-corrected chi connectivity index (χ2v) is 6.90. The summed E-state index contributed by atoms with van der Waals surface area (Å²) in [6.45, 7) is 0. The SMILES string of the molecule is O=C(Nc1ccccc1)ONC(=Nc1ccc(OC(F)(F)F)cc1)c1c(Cl)cccc1Cl. The number of halogens is 5. The summed E-state index contributed by atoms with van der Waals surface area (Å²) < 4.78 is 40.9. The van der Waals surface area contributed by atoms with Crippen molar-refractivity contribution in [3.63, 3.8) is 0 Å². The van der Waals surface area contributed by atoms with Crippen LogP contribution >= 0.6 is 23.2 Å². The lowest BCUT2D eigenvalue weighted by Gasteiger charge is -2.14. The van der Waals surface area contributed by atoms with Crippen LogP contribution in [-0.2, 0) is 4.84 Å². The second-order valence-electron chi connectivity index (χ2n) is 6.08. The molecule has 0 spiro atoms. The van der Waals surface area contributed by atoms with Gasteiger partial charge in [0, 0.05) is 5.69 Å². The fourth-order valence-corrected chi connectivity index (χ4v) is 3.04. The van der Waals surface area contributed by atoms with E-state index in [0.29, 0.717) is 5.69 Å². The minimum atomic E-state index is -4.82. The van der Waals surface area contributed by atoms with Gasteiger partial charge < -0.3 is 9.57 Å². The largest absolute Gasteiger partial charge is 0.573 e. The van der Waals surface area contributed by atoms with E-state index in [2.05, 4.69) is 20.5 Å². The summed E-state index contributed by atoms with van der Waals surface area (Å²) in [6, 6.07) is 18.0. The number of nitrogens with one attached hydrogen (secondary N) is 2. The molecule has 0 fully saturated rings. The third-order valence-corrected chi connectivity index (χ3v) is 4.40. The van der Waals surface area contributed by atoms with Crippen molar-refractivity contribution in [3.8, 4) is 5.75 Å². The number of amidine groups is 1. The van der Waals surface area contributed by atoms with Crippen molar-refractivity contribution in [2.45, 2.75) is 6.36 Å². The molecule has 0 bridgehead atoms. The van der Waals surface area contributed by atoms with Crippen molar-refractivity contribution in [3.05, 3.63) is 88.4 Å². The van der Waals surface area contributed by atoms with Gasteiger partial charge in [-0.15, -0.1) is 13.2 Å². The summed E-state index contributed by atoms with van der Waals surface area (Å²) in [5, 5.41) is 2.91. The van der Waals surface area contributed by atoms with Gasteiger partial charge in [-0.1, -0.05) is 47.5 Å². The van der Waals surface area contributed by atoms with Crippen molar-refractivity contribution < 1.29 is 27.5 Å². The van der Waals surface area contributed by atoms with Gasteiger partial charge in [0.05, 0.1) is 21.3 Å². The number of para-hydroxylation sites is 1. The highest BCUT2D eigenvalue weighted by molar-refractivity contribution is 6.40. The summed E-state index contributed by atoms with van der Waals surface area (Å²) >= 11 is 12.5. The number of alkyl halides is 3. The van der Waals surface area contributed by atoms with E-state index in [9.17, 15) is 18.0 Å². The Bertz CT molecular complexity index is 1090. The minimum Gasteiger partial charge on any atom is -0.406 e. The van der Waals surface area contributed by atoms with Crippen LogP contribution in [0.4, 0.5) is 29.3 Å². The van der Waals surface area contributed by atoms with Gasteiger partial charge in [0.25, 0.3) is 0 Å². The third-order valence-electron chi connectivity index (χ3n) is 3.77. The van der Waals surface area contributed by atoms with Gasteiger partial charge in [-0.05, 0) is 48.5 Å². The van der Waals surface area contributed by atoms with Crippen LogP contribution in [-0.4, -0.2) is 18.3 Å². The molecule has 0 saturated heterocycles. The van der Waals surface area contributed by atoms with Crippen LogP contribution in [0.3, 0.4) is 0 Å². The molecule has 2 N–H and O–H groups in total. The number of hydrogen-bond donors (Lipinski definition) is 2. The normalized spacial score (nSPS) is 11.6. The maximum atomic E-state index is 12.4. The number of amides is 1. The van der Waals surface area contributed by atoms with Crippen LogP contribution in [0.5, 0.6) is 5.75 Å². The molecular formula is C21H14Cl2F3N3O3. The van der Waals surface area contributed by atoms with Gasteiger partial charge in [-0.2, -0.15) is 5.48 Å². The number of anilines is 1. The number of rotatable bonds is 4. The third kappa shape index (κ3) is 6.79. The standard InChI is InChI=1S/C21H14Cl2F3N3O3/c22-16-7-4-8-17(23)18(16)19(29-32-20(30)28-13-5-2-1-3-6-13)27-14-9-11-15(12-10-14)31-21(24,25)26/h1-12H,(H,27,29)(H,28,30). The first-order valence-electron chi connectivity index (χ1n) is 8.89. The van der Waals surface area contributed by atoms with Gasteiger partial charge in [0.15, 0.2) is 5.84 Å². The Morgan fingerprint density at radius 3 is 2.09 bits per heavy atom. The molecule has 0 aliphatic carbocycles. The van der Waals surface area contributed by atoms with Crippen LogP contribution in [0.1, 0.15) is 5.56 Å². The molecule has 1 amide bonds. The molecule has 0 unspecified atom stereocenters. The maximum Gasteiger partial charge on any atom is 0.573 e. The number of nitrogens with zero attached hydrogens (tertiary/aromatic N) is 1. The average Bonchev–Trinajstić information content (AvgIpc) is 2.73. The highest BCUT2D eigenvalue weighted by Crippen LogP contribution is 2.28. The van der Waals surface area contributed by atoms with Crippen LogP contribution in [0.2, 0.25) is 10.0 Å². The first-order valence-corrected chi connectivity index (χ1v) is 9.64. The van der Waals surface area contributed by atoms with Crippen LogP contribution in [0.15, 0.2) is 77.8 Å². The monoisotopic (exact) mass is 483 g/mol. The number of carbonyl (C=O) groups excluding carboxylic acids is 1. The lowest BCUT2D eigenvalue weighted by atomic mass is 10.2. The van der Waals surface area contributed by atoms with Crippen molar-refractivity contribution in [1.29, 1.82) is 0 Å². The zero-order valence-electron chi connectivity index (χ0n) is 16.0. The Morgan fingerprint density at radius 2 is 1.50 bits per heavy atom. The molecular weight excluding hydrogens is 470 g/mol. The summed E-state index contributed by atoms with van der Waals surface area (Å²) in [5.74, 6) is -0.464. The summed E-state index contributed by atoms with van der Waals surface area (Å²) in [5.41, 5.74) is 3.33. The van der Waals surface area contributed by atoms with E-state index in [1.54, 1.807) is 48.5 Å². The van der Waals surface area contributed by atoms with Gasteiger partial charge in [-0.3, -0.25) is 5.32 Å². The molecule has 0 saturated carbocycles. The molecule has 32 heavy (non-hydrogen) atoms. The molecule has 3 aromatic carbocycles. The van der Waals surface area contributed by atoms with Gasteiger partial charge in [0.1, 0.15) is 5.75 Å². The van der Waals surface area contributed by atoms with Gasteiger partial charge >= 0.3 is 12.5 Å². The van der Waals surface area contributed by atoms with Crippen LogP contribution in [0.25, 0.3) is 0 Å². The van der Waals surface area contributed by atoms with Gasteiger partial charge in [0.2, 0.25) is 0 Å². The Labute approximate surface area is 190 Å². The molecule has 0 aromatic heterocycles. The Kier molecular flexibility index (Phi) is 7.45. The molecule has 3 rings (SSSR count). The van der Waals surface area contributed by atoms with E-state index in [4.69, 9.17) is 28.0 Å². The number of aliphatic imine (C=N–C) groups is 1.